The summed E-state index contributed by atoms with van der Waals surface area (Å²) in [5, 5.41) is 2.10. The van der Waals surface area contributed by atoms with Crippen molar-refractivity contribution < 1.29 is 4.74 Å². The van der Waals surface area contributed by atoms with E-state index >= 15 is 0 Å². The van der Waals surface area contributed by atoms with E-state index in [-0.39, 0.29) is 6.10 Å². The second-order valence-electron chi connectivity index (χ2n) is 6.41. The van der Waals surface area contributed by atoms with Gasteiger partial charge in [0.15, 0.2) is 4.96 Å². The predicted molar refractivity (Wildman–Crippen MR) is 93.2 cm³/mol. The minimum Gasteiger partial charge on any atom is -0.489 e. The summed E-state index contributed by atoms with van der Waals surface area (Å²) in [7, 11) is 0. The molecule has 0 spiro atoms. The van der Waals surface area contributed by atoms with Gasteiger partial charge in [-0.25, -0.2) is 4.98 Å². The summed E-state index contributed by atoms with van der Waals surface area (Å²) in [6, 6.07) is 6.47. The summed E-state index contributed by atoms with van der Waals surface area (Å²) in [6.07, 6.45) is 2.30. The zero-order valence-corrected chi connectivity index (χ0v) is 14.6. The lowest BCUT2D eigenvalue weighted by Gasteiger charge is -2.21. The third-order valence-corrected chi connectivity index (χ3v) is 5.14. The molecule has 0 saturated carbocycles. The molecule has 120 valence electrons. The molecule has 1 atom stereocenters. The van der Waals surface area contributed by atoms with Gasteiger partial charge in [-0.3, -0.25) is 9.30 Å². The Morgan fingerprint density at radius 2 is 2.22 bits per heavy atom. The number of nitrogens with zero attached hydrogens (tertiary/aromatic N) is 3. The molecule has 0 aliphatic carbocycles. The summed E-state index contributed by atoms with van der Waals surface area (Å²) >= 11 is 1.69. The van der Waals surface area contributed by atoms with Crippen molar-refractivity contribution in [1.82, 2.24) is 14.3 Å². The van der Waals surface area contributed by atoms with Gasteiger partial charge in [0.25, 0.3) is 0 Å². The molecule has 0 bridgehead atoms. The SMILES string of the molecule is Cc1ccc2c(c1)CN(Cc1c(C)nc3sccn13)CC(C)O2. The number of hydrogen-bond donors (Lipinski definition) is 0. The van der Waals surface area contributed by atoms with Crippen molar-refractivity contribution in [3.8, 4) is 5.75 Å². The molecule has 1 unspecified atom stereocenters. The van der Waals surface area contributed by atoms with E-state index in [9.17, 15) is 0 Å². The van der Waals surface area contributed by atoms with E-state index in [0.717, 1.165) is 36.0 Å². The van der Waals surface area contributed by atoms with Crippen molar-refractivity contribution in [2.75, 3.05) is 6.54 Å². The number of aryl methyl sites for hydroxylation is 2. The lowest BCUT2D eigenvalue weighted by atomic mass is 10.1. The van der Waals surface area contributed by atoms with E-state index in [1.807, 2.05) is 0 Å². The number of benzene rings is 1. The van der Waals surface area contributed by atoms with Gasteiger partial charge in [-0.2, -0.15) is 0 Å². The molecule has 1 aliphatic heterocycles. The Morgan fingerprint density at radius 1 is 1.35 bits per heavy atom. The number of aromatic nitrogens is 2. The highest BCUT2D eigenvalue weighted by Crippen LogP contribution is 2.27. The number of fused-ring (bicyclic) bond motifs is 2. The van der Waals surface area contributed by atoms with Gasteiger partial charge >= 0.3 is 0 Å². The first kappa shape index (κ1) is 14.7. The van der Waals surface area contributed by atoms with Crippen LogP contribution in [0.1, 0.15) is 29.4 Å². The fourth-order valence-electron chi connectivity index (χ4n) is 3.33. The van der Waals surface area contributed by atoms with Crippen LogP contribution in [0.4, 0.5) is 0 Å². The molecule has 0 amide bonds. The van der Waals surface area contributed by atoms with E-state index in [4.69, 9.17) is 4.74 Å². The predicted octanol–water partition coefficient (Wildman–Crippen LogP) is 3.80. The van der Waals surface area contributed by atoms with Crippen LogP contribution in [0.2, 0.25) is 0 Å². The molecule has 0 saturated heterocycles. The fourth-order valence-corrected chi connectivity index (χ4v) is 4.11. The van der Waals surface area contributed by atoms with Gasteiger partial charge in [0.2, 0.25) is 0 Å². The Balaban J connectivity index is 1.66. The monoisotopic (exact) mass is 327 g/mol. The number of hydrogen-bond acceptors (Lipinski definition) is 4. The van der Waals surface area contributed by atoms with Crippen molar-refractivity contribution in [2.45, 2.75) is 40.0 Å². The molecule has 3 aromatic rings. The van der Waals surface area contributed by atoms with E-state index in [1.54, 1.807) is 11.3 Å². The van der Waals surface area contributed by atoms with Gasteiger partial charge in [0.1, 0.15) is 11.9 Å². The minimum absolute atomic E-state index is 0.185. The average molecular weight is 327 g/mol. The van der Waals surface area contributed by atoms with Crippen LogP contribution in [0.5, 0.6) is 5.75 Å². The molecule has 0 fully saturated rings. The zero-order chi connectivity index (χ0) is 16.0. The maximum absolute atomic E-state index is 6.10. The van der Waals surface area contributed by atoms with Crippen LogP contribution < -0.4 is 4.74 Å². The lowest BCUT2D eigenvalue weighted by molar-refractivity contribution is 0.155. The molecular formula is C18H21N3OS. The molecule has 4 nitrogen and oxygen atoms in total. The third kappa shape index (κ3) is 2.75. The first-order valence-electron chi connectivity index (χ1n) is 8.00. The van der Waals surface area contributed by atoms with Gasteiger partial charge < -0.3 is 4.74 Å². The van der Waals surface area contributed by atoms with Crippen LogP contribution in [-0.4, -0.2) is 26.9 Å². The van der Waals surface area contributed by atoms with Crippen molar-refractivity contribution in [3.63, 3.8) is 0 Å². The second kappa shape index (κ2) is 5.65. The largest absolute Gasteiger partial charge is 0.489 e. The van der Waals surface area contributed by atoms with Crippen molar-refractivity contribution in [3.05, 3.63) is 52.3 Å². The molecule has 4 rings (SSSR count). The summed E-state index contributed by atoms with van der Waals surface area (Å²) in [4.78, 5) is 8.20. The van der Waals surface area contributed by atoms with E-state index in [2.05, 4.69) is 64.8 Å². The minimum atomic E-state index is 0.185. The zero-order valence-electron chi connectivity index (χ0n) is 13.7. The van der Waals surface area contributed by atoms with Gasteiger partial charge in [-0.1, -0.05) is 17.7 Å². The summed E-state index contributed by atoms with van der Waals surface area (Å²) in [5.41, 5.74) is 4.96. The summed E-state index contributed by atoms with van der Waals surface area (Å²) in [6.45, 7) is 9.11. The van der Waals surface area contributed by atoms with E-state index in [0.29, 0.717) is 0 Å². The van der Waals surface area contributed by atoms with Crippen LogP contribution in [0.25, 0.3) is 4.96 Å². The number of imidazole rings is 1. The van der Waals surface area contributed by atoms with Crippen molar-refractivity contribution in [2.24, 2.45) is 0 Å². The Morgan fingerprint density at radius 3 is 3.09 bits per heavy atom. The van der Waals surface area contributed by atoms with Crippen LogP contribution in [-0.2, 0) is 13.1 Å². The molecule has 0 N–H and O–H groups in total. The van der Waals surface area contributed by atoms with Crippen molar-refractivity contribution >= 4 is 16.3 Å². The van der Waals surface area contributed by atoms with Crippen molar-refractivity contribution in [1.29, 1.82) is 0 Å². The first-order valence-corrected chi connectivity index (χ1v) is 8.87. The van der Waals surface area contributed by atoms with Gasteiger partial charge in [-0.15, -0.1) is 11.3 Å². The van der Waals surface area contributed by atoms with Gasteiger partial charge in [0.05, 0.1) is 11.4 Å². The molecule has 1 aliphatic rings. The molecule has 23 heavy (non-hydrogen) atoms. The lowest BCUT2D eigenvalue weighted by Crippen LogP contribution is -2.31. The highest BCUT2D eigenvalue weighted by molar-refractivity contribution is 7.15. The molecule has 0 radical (unpaired) electrons. The molecule has 3 heterocycles. The Hall–Kier alpha value is -1.85. The number of rotatable bonds is 2. The maximum atomic E-state index is 6.10. The summed E-state index contributed by atoms with van der Waals surface area (Å²) < 4.78 is 8.32. The highest BCUT2D eigenvalue weighted by Gasteiger charge is 2.22. The first-order chi connectivity index (χ1) is 11.1. The average Bonchev–Trinajstić information content (AvgIpc) is 3.00. The Labute approximate surface area is 140 Å². The van der Waals surface area contributed by atoms with E-state index in [1.165, 1.54) is 16.8 Å². The standard InChI is InChI=1S/C18H21N3OS/c1-12-4-5-17-15(8-12)10-20(9-13(2)22-17)11-16-14(3)19-18-21(16)6-7-23-18/h4-8,13H,9-11H2,1-3H3. The topological polar surface area (TPSA) is 29.8 Å². The normalized spacial score (nSPS) is 18.7. The second-order valence-corrected chi connectivity index (χ2v) is 7.28. The molecule has 1 aromatic carbocycles. The van der Waals surface area contributed by atoms with Crippen LogP contribution in [0.15, 0.2) is 29.8 Å². The maximum Gasteiger partial charge on any atom is 0.194 e. The number of ether oxygens (including phenoxy) is 1. The molecular weight excluding hydrogens is 306 g/mol. The highest BCUT2D eigenvalue weighted by atomic mass is 32.1. The Kier molecular flexibility index (Phi) is 3.62. The van der Waals surface area contributed by atoms with Crippen LogP contribution >= 0.6 is 11.3 Å². The van der Waals surface area contributed by atoms with Gasteiger partial charge in [0, 0.05) is 36.8 Å². The van der Waals surface area contributed by atoms with E-state index < -0.39 is 0 Å². The fraction of sp³-hybridized carbons (Fsp3) is 0.389. The molecule has 2 aromatic heterocycles. The molecule has 5 heteroatoms. The third-order valence-electron chi connectivity index (χ3n) is 4.39. The smallest absolute Gasteiger partial charge is 0.194 e. The Bertz CT molecular complexity index is 851. The van der Waals surface area contributed by atoms with Crippen LogP contribution in [0, 0.1) is 13.8 Å². The van der Waals surface area contributed by atoms with Crippen LogP contribution in [0.3, 0.4) is 0 Å². The number of thiazole rings is 1. The quantitative estimate of drug-likeness (QED) is 0.717. The van der Waals surface area contributed by atoms with Gasteiger partial charge in [-0.05, 0) is 26.8 Å². The summed E-state index contributed by atoms with van der Waals surface area (Å²) in [5.74, 6) is 1.02.